The van der Waals surface area contributed by atoms with Gasteiger partial charge < -0.3 is 10.6 Å². The Bertz CT molecular complexity index is 1020. The van der Waals surface area contributed by atoms with Gasteiger partial charge in [0.1, 0.15) is 0 Å². The van der Waals surface area contributed by atoms with Gasteiger partial charge in [0, 0.05) is 31.4 Å². The van der Waals surface area contributed by atoms with E-state index in [0.717, 1.165) is 31.5 Å². The minimum atomic E-state index is 0.0171. The van der Waals surface area contributed by atoms with Crippen LogP contribution < -0.4 is 5.73 Å². The molecule has 1 heterocycles. The minimum Gasteiger partial charge on any atom is -0.397 e. The average Bonchev–Trinajstić information content (AvgIpc) is 2.84. The first-order valence-electron chi connectivity index (χ1n) is 11.0. The number of nitriles is 1. The maximum Gasteiger partial charge on any atom is 0.255 e. The lowest BCUT2D eigenvalue weighted by molar-refractivity contribution is 0.0755. The highest BCUT2D eigenvalue weighted by atomic mass is 16.2. The fraction of sp³-hybridized carbons (Fsp3) is 0.296. The van der Waals surface area contributed by atoms with Crippen molar-refractivity contribution < 1.29 is 4.79 Å². The van der Waals surface area contributed by atoms with Crippen LogP contribution in [0.1, 0.15) is 66.6 Å². The van der Waals surface area contributed by atoms with Gasteiger partial charge in [0.25, 0.3) is 5.91 Å². The smallest absolute Gasteiger partial charge is 0.255 e. The van der Waals surface area contributed by atoms with Crippen LogP contribution in [0, 0.1) is 11.3 Å². The van der Waals surface area contributed by atoms with Crippen LogP contribution >= 0.6 is 0 Å². The molecule has 0 spiro atoms. The zero-order valence-corrected chi connectivity index (χ0v) is 19.2. The number of carbonyl (C=O) groups excluding carboxylic acids is 1. The van der Waals surface area contributed by atoms with Gasteiger partial charge >= 0.3 is 0 Å². The lowest BCUT2D eigenvalue weighted by Gasteiger charge is -2.21. The van der Waals surface area contributed by atoms with Crippen molar-refractivity contribution in [3.8, 4) is 6.07 Å². The lowest BCUT2D eigenvalue weighted by atomic mass is 9.92. The van der Waals surface area contributed by atoms with Crippen molar-refractivity contribution in [2.75, 3.05) is 18.8 Å². The Kier molecular flexibility index (Phi) is 9.93. The molecule has 0 aliphatic carbocycles. The summed E-state index contributed by atoms with van der Waals surface area (Å²) in [6.07, 6.45) is 5.03. The van der Waals surface area contributed by atoms with Gasteiger partial charge in [-0.3, -0.25) is 9.78 Å². The predicted molar refractivity (Wildman–Crippen MR) is 130 cm³/mol. The van der Waals surface area contributed by atoms with E-state index in [4.69, 9.17) is 11.0 Å². The van der Waals surface area contributed by atoms with Gasteiger partial charge in [0.2, 0.25) is 0 Å². The third-order valence-electron chi connectivity index (χ3n) is 5.10. The van der Waals surface area contributed by atoms with Gasteiger partial charge in [-0.05, 0) is 42.2 Å². The minimum absolute atomic E-state index is 0.0171. The predicted octanol–water partition coefficient (Wildman–Crippen LogP) is 5.64. The van der Waals surface area contributed by atoms with E-state index in [1.807, 2.05) is 41.3 Å². The zero-order chi connectivity index (χ0) is 23.3. The van der Waals surface area contributed by atoms with Crippen LogP contribution in [0.15, 0.2) is 73.1 Å². The molecule has 2 aromatic carbocycles. The molecule has 3 aromatic rings. The third-order valence-corrected chi connectivity index (χ3v) is 5.10. The molecule has 0 saturated carbocycles. The molecule has 1 atom stereocenters. The van der Waals surface area contributed by atoms with Crippen molar-refractivity contribution in [1.29, 1.82) is 5.26 Å². The first kappa shape index (κ1) is 24.6. The number of amides is 1. The standard InChI is InChI=1S/C15H13N.C12H19N3O/c1-12(14-7-3-2-4-8-14)15-9-5-6-13(10-15)11-16;1-3-5-15(6-4-2)12(16)10-7-11(13)9-14-8-10/h2-10,12H,1H3;7-9H,3-6,13H2,1-2H3. The van der Waals surface area contributed by atoms with Gasteiger partial charge in [-0.1, -0.05) is 63.2 Å². The van der Waals surface area contributed by atoms with E-state index in [9.17, 15) is 4.79 Å². The number of nitrogen functional groups attached to an aromatic ring is 1. The molecule has 0 saturated heterocycles. The van der Waals surface area contributed by atoms with Gasteiger partial charge in [-0.2, -0.15) is 5.26 Å². The Labute approximate surface area is 191 Å². The molecule has 0 fully saturated rings. The Hall–Kier alpha value is -3.65. The van der Waals surface area contributed by atoms with Crippen LogP contribution in [-0.4, -0.2) is 28.9 Å². The second-order valence-electron chi connectivity index (χ2n) is 7.67. The second kappa shape index (κ2) is 12.9. The Balaban J connectivity index is 0.000000227. The third kappa shape index (κ3) is 7.24. The molecular formula is C27H32N4O. The summed E-state index contributed by atoms with van der Waals surface area (Å²) in [5.74, 6) is 0.345. The Morgan fingerprint density at radius 2 is 1.66 bits per heavy atom. The molecule has 0 radical (unpaired) electrons. The molecule has 1 aromatic heterocycles. The van der Waals surface area contributed by atoms with Gasteiger partial charge in [0.05, 0.1) is 22.9 Å². The Morgan fingerprint density at radius 1 is 1.00 bits per heavy atom. The van der Waals surface area contributed by atoms with Crippen molar-refractivity contribution >= 4 is 11.6 Å². The molecule has 32 heavy (non-hydrogen) atoms. The summed E-state index contributed by atoms with van der Waals surface area (Å²) in [6.45, 7) is 7.84. The van der Waals surface area contributed by atoms with Gasteiger partial charge in [-0.25, -0.2) is 0 Å². The van der Waals surface area contributed by atoms with Crippen molar-refractivity contribution in [3.05, 3.63) is 95.3 Å². The second-order valence-corrected chi connectivity index (χ2v) is 7.67. The number of rotatable bonds is 7. The van der Waals surface area contributed by atoms with E-state index < -0.39 is 0 Å². The molecule has 5 heteroatoms. The molecule has 1 unspecified atom stereocenters. The van der Waals surface area contributed by atoms with Crippen molar-refractivity contribution in [2.24, 2.45) is 0 Å². The SMILES string of the molecule is CC(c1ccccc1)c1cccc(C#N)c1.CCCN(CCC)C(=O)c1cncc(N)c1. The number of carbonyl (C=O) groups is 1. The molecular weight excluding hydrogens is 396 g/mol. The van der Waals surface area contributed by atoms with Crippen molar-refractivity contribution in [2.45, 2.75) is 39.5 Å². The van der Waals surface area contributed by atoms with Crippen LogP contribution in [-0.2, 0) is 0 Å². The lowest BCUT2D eigenvalue weighted by Crippen LogP contribution is -2.32. The maximum absolute atomic E-state index is 12.1. The van der Waals surface area contributed by atoms with E-state index in [1.54, 1.807) is 18.5 Å². The fourth-order valence-corrected chi connectivity index (χ4v) is 3.42. The fourth-order valence-electron chi connectivity index (χ4n) is 3.42. The first-order chi connectivity index (χ1) is 15.5. The number of nitrogens with two attached hydrogens (primary N) is 1. The molecule has 0 aliphatic rings. The highest BCUT2D eigenvalue weighted by Gasteiger charge is 2.14. The van der Waals surface area contributed by atoms with E-state index in [1.165, 1.54) is 11.1 Å². The molecule has 0 bridgehead atoms. The van der Waals surface area contributed by atoms with E-state index in [0.29, 0.717) is 17.2 Å². The normalized spacial score (nSPS) is 10.9. The summed E-state index contributed by atoms with van der Waals surface area (Å²) in [5, 5.41) is 8.86. The van der Waals surface area contributed by atoms with E-state index in [-0.39, 0.29) is 5.91 Å². The first-order valence-corrected chi connectivity index (χ1v) is 11.0. The number of hydrogen-bond acceptors (Lipinski definition) is 4. The van der Waals surface area contributed by atoms with Crippen LogP contribution in [0.5, 0.6) is 0 Å². The topological polar surface area (TPSA) is 83.0 Å². The van der Waals surface area contributed by atoms with E-state index in [2.05, 4.69) is 50.0 Å². The largest absolute Gasteiger partial charge is 0.397 e. The number of pyridine rings is 1. The number of anilines is 1. The number of hydrogen-bond donors (Lipinski definition) is 1. The molecule has 1 amide bonds. The monoisotopic (exact) mass is 428 g/mol. The van der Waals surface area contributed by atoms with Crippen LogP contribution in [0.2, 0.25) is 0 Å². The summed E-state index contributed by atoms with van der Waals surface area (Å²) in [6, 6.07) is 22.0. The summed E-state index contributed by atoms with van der Waals surface area (Å²) in [7, 11) is 0. The number of aromatic nitrogens is 1. The highest BCUT2D eigenvalue weighted by Crippen LogP contribution is 2.24. The molecule has 3 rings (SSSR count). The van der Waals surface area contributed by atoms with Gasteiger partial charge in [-0.15, -0.1) is 0 Å². The van der Waals surface area contributed by atoms with Crippen molar-refractivity contribution in [1.82, 2.24) is 9.88 Å². The number of benzene rings is 2. The molecule has 166 valence electrons. The van der Waals surface area contributed by atoms with Crippen LogP contribution in [0.4, 0.5) is 5.69 Å². The van der Waals surface area contributed by atoms with Gasteiger partial charge in [0.15, 0.2) is 0 Å². The summed E-state index contributed by atoms with van der Waals surface area (Å²) in [5.41, 5.74) is 9.89. The maximum atomic E-state index is 12.1. The zero-order valence-electron chi connectivity index (χ0n) is 19.2. The summed E-state index contributed by atoms with van der Waals surface area (Å²) >= 11 is 0. The summed E-state index contributed by atoms with van der Waals surface area (Å²) < 4.78 is 0. The van der Waals surface area contributed by atoms with Crippen LogP contribution in [0.25, 0.3) is 0 Å². The average molecular weight is 429 g/mol. The Morgan fingerprint density at radius 3 is 2.25 bits per heavy atom. The van der Waals surface area contributed by atoms with Crippen LogP contribution in [0.3, 0.4) is 0 Å². The van der Waals surface area contributed by atoms with E-state index >= 15 is 0 Å². The molecule has 0 aliphatic heterocycles. The number of nitrogens with zero attached hydrogens (tertiary/aromatic N) is 3. The molecule has 2 N–H and O–H groups in total. The quantitative estimate of drug-likeness (QED) is 0.528. The highest BCUT2D eigenvalue weighted by molar-refractivity contribution is 5.94. The molecule has 5 nitrogen and oxygen atoms in total. The van der Waals surface area contributed by atoms with Crippen molar-refractivity contribution in [3.63, 3.8) is 0 Å². The summed E-state index contributed by atoms with van der Waals surface area (Å²) in [4.78, 5) is 17.9.